The standard InChI is InChI=1S/C14H18N2O2S2/c1-11(8-9-20(2,17)18)16-14-15-10-13(19-14)12-6-4-3-5-7-12/h3-7,10-11H,8-9H2,1-2H3,(H,15,16). The minimum Gasteiger partial charge on any atom is -0.359 e. The van der Waals surface area contributed by atoms with Crippen LogP contribution < -0.4 is 5.32 Å². The number of aromatic nitrogens is 1. The number of hydrogen-bond donors (Lipinski definition) is 1. The first-order valence-corrected chi connectivity index (χ1v) is 9.27. The summed E-state index contributed by atoms with van der Waals surface area (Å²) in [6.45, 7) is 1.97. The van der Waals surface area contributed by atoms with Crippen LogP contribution in [-0.4, -0.2) is 31.5 Å². The Morgan fingerprint density at radius 2 is 2.00 bits per heavy atom. The SMILES string of the molecule is CC(CCS(C)(=O)=O)Nc1ncc(-c2ccccc2)s1. The molecule has 0 amide bonds. The minimum atomic E-state index is -2.91. The summed E-state index contributed by atoms with van der Waals surface area (Å²) in [6, 6.07) is 10.2. The van der Waals surface area contributed by atoms with Crippen molar-refractivity contribution < 1.29 is 8.42 Å². The highest BCUT2D eigenvalue weighted by Crippen LogP contribution is 2.29. The fourth-order valence-corrected chi connectivity index (χ4v) is 3.47. The van der Waals surface area contributed by atoms with Gasteiger partial charge in [-0.3, -0.25) is 0 Å². The topological polar surface area (TPSA) is 59.1 Å². The molecule has 1 atom stereocenters. The summed E-state index contributed by atoms with van der Waals surface area (Å²) in [4.78, 5) is 5.44. The monoisotopic (exact) mass is 310 g/mol. The third-order valence-corrected chi connectivity index (χ3v) is 4.81. The van der Waals surface area contributed by atoms with E-state index in [2.05, 4.69) is 10.3 Å². The molecule has 0 radical (unpaired) electrons. The number of hydrogen-bond acceptors (Lipinski definition) is 5. The number of nitrogens with zero attached hydrogens (tertiary/aromatic N) is 1. The quantitative estimate of drug-likeness (QED) is 0.891. The maximum absolute atomic E-state index is 11.1. The highest BCUT2D eigenvalue weighted by atomic mass is 32.2. The summed E-state index contributed by atoms with van der Waals surface area (Å²) in [5.41, 5.74) is 1.14. The zero-order chi connectivity index (χ0) is 14.6. The molecule has 1 unspecified atom stereocenters. The van der Waals surface area contributed by atoms with Crippen LogP contribution in [-0.2, 0) is 9.84 Å². The molecule has 4 nitrogen and oxygen atoms in total. The van der Waals surface area contributed by atoms with E-state index in [0.717, 1.165) is 15.6 Å². The van der Waals surface area contributed by atoms with Gasteiger partial charge in [0.25, 0.3) is 0 Å². The summed E-state index contributed by atoms with van der Waals surface area (Å²) >= 11 is 1.58. The summed E-state index contributed by atoms with van der Waals surface area (Å²) in [5, 5.41) is 4.07. The molecule has 1 heterocycles. The number of sulfone groups is 1. The molecule has 108 valence electrons. The van der Waals surface area contributed by atoms with Gasteiger partial charge < -0.3 is 5.32 Å². The summed E-state index contributed by atoms with van der Waals surface area (Å²) < 4.78 is 22.3. The van der Waals surface area contributed by atoms with Crippen molar-refractivity contribution in [2.45, 2.75) is 19.4 Å². The van der Waals surface area contributed by atoms with Gasteiger partial charge in [0, 0.05) is 18.5 Å². The summed E-state index contributed by atoms with van der Waals surface area (Å²) in [7, 11) is -2.91. The van der Waals surface area contributed by atoms with E-state index in [4.69, 9.17) is 0 Å². The fourth-order valence-electron chi connectivity index (χ4n) is 1.75. The summed E-state index contributed by atoms with van der Waals surface area (Å²) in [6.07, 6.45) is 3.68. The van der Waals surface area contributed by atoms with Crippen LogP contribution in [0.25, 0.3) is 10.4 Å². The van der Waals surface area contributed by atoms with Crippen molar-refractivity contribution in [3.8, 4) is 10.4 Å². The zero-order valence-electron chi connectivity index (χ0n) is 11.5. The van der Waals surface area contributed by atoms with E-state index in [9.17, 15) is 8.42 Å². The lowest BCUT2D eigenvalue weighted by Gasteiger charge is -2.11. The Balaban J connectivity index is 1.96. The fraction of sp³-hybridized carbons (Fsp3) is 0.357. The molecule has 0 saturated heterocycles. The third kappa shape index (κ3) is 4.61. The van der Waals surface area contributed by atoms with Crippen LogP contribution >= 0.6 is 11.3 Å². The molecule has 0 aliphatic rings. The van der Waals surface area contributed by atoms with Gasteiger partial charge in [0.2, 0.25) is 0 Å². The van der Waals surface area contributed by atoms with Crippen LogP contribution in [0.2, 0.25) is 0 Å². The third-order valence-electron chi connectivity index (χ3n) is 2.86. The second-order valence-corrected chi connectivity index (χ2v) is 8.15. The number of anilines is 1. The Bertz CT molecular complexity index is 651. The van der Waals surface area contributed by atoms with Gasteiger partial charge >= 0.3 is 0 Å². The maximum atomic E-state index is 11.1. The molecule has 0 spiro atoms. The molecule has 0 fully saturated rings. The van der Waals surface area contributed by atoms with E-state index >= 15 is 0 Å². The Labute approximate surface area is 123 Å². The normalized spacial score (nSPS) is 13.1. The molecule has 0 saturated carbocycles. The first kappa shape index (κ1) is 15.0. The molecule has 0 aliphatic heterocycles. The second kappa shape index (κ2) is 6.37. The van der Waals surface area contributed by atoms with Crippen molar-refractivity contribution in [3.63, 3.8) is 0 Å². The molecule has 2 rings (SSSR count). The van der Waals surface area contributed by atoms with E-state index in [0.29, 0.717) is 6.42 Å². The van der Waals surface area contributed by atoms with Gasteiger partial charge in [-0.1, -0.05) is 41.7 Å². The number of thiazole rings is 1. The van der Waals surface area contributed by atoms with Crippen molar-refractivity contribution in [1.82, 2.24) is 4.98 Å². The minimum absolute atomic E-state index is 0.0829. The Morgan fingerprint density at radius 1 is 1.30 bits per heavy atom. The second-order valence-electron chi connectivity index (χ2n) is 4.86. The lowest BCUT2D eigenvalue weighted by atomic mass is 10.2. The van der Waals surface area contributed by atoms with Crippen molar-refractivity contribution in [2.75, 3.05) is 17.3 Å². The van der Waals surface area contributed by atoms with Gasteiger partial charge in [-0.2, -0.15) is 0 Å². The zero-order valence-corrected chi connectivity index (χ0v) is 13.2. The molecule has 1 aromatic carbocycles. The van der Waals surface area contributed by atoms with Crippen molar-refractivity contribution >= 4 is 26.3 Å². The Morgan fingerprint density at radius 3 is 2.65 bits per heavy atom. The average Bonchev–Trinajstić information content (AvgIpc) is 2.85. The molecule has 2 aromatic rings. The van der Waals surface area contributed by atoms with Gasteiger partial charge in [-0.15, -0.1) is 0 Å². The van der Waals surface area contributed by atoms with Gasteiger partial charge in [0.1, 0.15) is 9.84 Å². The van der Waals surface area contributed by atoms with Gasteiger partial charge in [-0.05, 0) is 18.9 Å². The predicted molar refractivity (Wildman–Crippen MR) is 85.0 cm³/mol. The molecule has 0 bridgehead atoms. The first-order valence-electron chi connectivity index (χ1n) is 6.39. The van der Waals surface area contributed by atoms with Crippen LogP contribution in [0.3, 0.4) is 0 Å². The van der Waals surface area contributed by atoms with Crippen LogP contribution in [0.4, 0.5) is 5.13 Å². The summed E-state index contributed by atoms with van der Waals surface area (Å²) in [5.74, 6) is 0.193. The van der Waals surface area contributed by atoms with E-state index < -0.39 is 9.84 Å². The van der Waals surface area contributed by atoms with Crippen LogP contribution in [0.15, 0.2) is 36.5 Å². The molecular weight excluding hydrogens is 292 g/mol. The van der Waals surface area contributed by atoms with E-state index in [1.54, 1.807) is 11.3 Å². The highest BCUT2D eigenvalue weighted by molar-refractivity contribution is 7.90. The van der Waals surface area contributed by atoms with Crippen molar-refractivity contribution in [2.24, 2.45) is 0 Å². The van der Waals surface area contributed by atoms with Crippen LogP contribution in [0.5, 0.6) is 0 Å². The van der Waals surface area contributed by atoms with Gasteiger partial charge in [0.15, 0.2) is 5.13 Å². The number of benzene rings is 1. The van der Waals surface area contributed by atoms with Crippen molar-refractivity contribution in [3.05, 3.63) is 36.5 Å². The molecule has 1 aromatic heterocycles. The first-order chi connectivity index (χ1) is 9.44. The number of rotatable bonds is 6. The molecule has 6 heteroatoms. The average molecular weight is 310 g/mol. The lowest BCUT2D eigenvalue weighted by molar-refractivity contribution is 0.595. The Kier molecular flexibility index (Phi) is 4.77. The van der Waals surface area contributed by atoms with E-state index in [1.807, 2.05) is 43.5 Å². The molecular formula is C14H18N2O2S2. The molecule has 1 N–H and O–H groups in total. The highest BCUT2D eigenvalue weighted by Gasteiger charge is 2.10. The Hall–Kier alpha value is -1.40. The lowest BCUT2D eigenvalue weighted by Crippen LogP contribution is -2.19. The maximum Gasteiger partial charge on any atom is 0.183 e. The van der Waals surface area contributed by atoms with E-state index in [1.165, 1.54) is 6.26 Å². The molecule has 20 heavy (non-hydrogen) atoms. The van der Waals surface area contributed by atoms with E-state index in [-0.39, 0.29) is 11.8 Å². The number of nitrogens with one attached hydrogen (secondary N) is 1. The largest absolute Gasteiger partial charge is 0.359 e. The van der Waals surface area contributed by atoms with Crippen LogP contribution in [0.1, 0.15) is 13.3 Å². The van der Waals surface area contributed by atoms with Gasteiger partial charge in [-0.25, -0.2) is 13.4 Å². The molecule has 0 aliphatic carbocycles. The predicted octanol–water partition coefficient (Wildman–Crippen LogP) is 3.05. The van der Waals surface area contributed by atoms with Crippen LogP contribution in [0, 0.1) is 0 Å². The van der Waals surface area contributed by atoms with Crippen molar-refractivity contribution in [1.29, 1.82) is 0 Å². The van der Waals surface area contributed by atoms with Gasteiger partial charge in [0.05, 0.1) is 10.6 Å². The smallest absolute Gasteiger partial charge is 0.183 e.